The first-order chi connectivity index (χ1) is 10.4. The summed E-state index contributed by atoms with van der Waals surface area (Å²) in [4.78, 5) is 2.60. The van der Waals surface area contributed by atoms with E-state index < -0.39 is 0 Å². The fourth-order valence-corrected chi connectivity index (χ4v) is 3.47. The monoisotopic (exact) mass is 279 g/mol. The minimum atomic E-state index is 0.393. The third kappa shape index (κ3) is 2.50. The van der Waals surface area contributed by atoms with Gasteiger partial charge >= 0.3 is 0 Å². The molecule has 2 heteroatoms. The number of rotatable bonds is 4. The van der Waals surface area contributed by atoms with Crippen molar-refractivity contribution in [3.63, 3.8) is 0 Å². The SMILES string of the molecule is c1ccc(C(c2ccccc2)N2CC(C3COC3)C2)cc1. The van der Waals surface area contributed by atoms with Gasteiger partial charge in [-0.3, -0.25) is 4.90 Å². The molecule has 0 radical (unpaired) electrons. The van der Waals surface area contributed by atoms with Gasteiger partial charge in [0.25, 0.3) is 0 Å². The van der Waals surface area contributed by atoms with E-state index in [1.807, 2.05) is 0 Å². The third-order valence-corrected chi connectivity index (χ3v) is 4.86. The lowest BCUT2D eigenvalue weighted by Crippen LogP contribution is -2.55. The van der Waals surface area contributed by atoms with Crippen LogP contribution in [-0.4, -0.2) is 31.2 Å². The summed E-state index contributed by atoms with van der Waals surface area (Å²) in [5.74, 6) is 1.63. The van der Waals surface area contributed by atoms with Crippen LogP contribution in [0, 0.1) is 11.8 Å². The van der Waals surface area contributed by atoms with Gasteiger partial charge in [-0.15, -0.1) is 0 Å². The zero-order chi connectivity index (χ0) is 14.1. The van der Waals surface area contributed by atoms with Gasteiger partial charge in [-0.2, -0.15) is 0 Å². The van der Waals surface area contributed by atoms with Gasteiger partial charge in [0.05, 0.1) is 19.3 Å². The van der Waals surface area contributed by atoms with Crippen LogP contribution in [0.4, 0.5) is 0 Å². The van der Waals surface area contributed by atoms with Crippen LogP contribution in [0.1, 0.15) is 17.2 Å². The summed E-state index contributed by atoms with van der Waals surface area (Å²) in [6, 6.07) is 22.1. The van der Waals surface area contributed by atoms with E-state index in [9.17, 15) is 0 Å². The lowest BCUT2D eigenvalue weighted by molar-refractivity contribution is -0.104. The molecule has 2 heterocycles. The molecular formula is C19H21NO. The van der Waals surface area contributed by atoms with Crippen LogP contribution in [0.5, 0.6) is 0 Å². The van der Waals surface area contributed by atoms with Crippen molar-refractivity contribution in [2.45, 2.75) is 6.04 Å². The average molecular weight is 279 g/mol. The Kier molecular flexibility index (Phi) is 3.50. The van der Waals surface area contributed by atoms with Crippen LogP contribution in [0.3, 0.4) is 0 Å². The topological polar surface area (TPSA) is 12.5 Å². The van der Waals surface area contributed by atoms with E-state index in [2.05, 4.69) is 65.6 Å². The molecule has 0 aliphatic carbocycles. The highest BCUT2D eigenvalue weighted by molar-refractivity contribution is 5.32. The van der Waals surface area contributed by atoms with Crippen molar-refractivity contribution in [1.29, 1.82) is 0 Å². The van der Waals surface area contributed by atoms with Crippen molar-refractivity contribution in [1.82, 2.24) is 4.90 Å². The Balaban J connectivity index is 1.56. The highest BCUT2D eigenvalue weighted by atomic mass is 16.5. The highest BCUT2D eigenvalue weighted by Gasteiger charge is 2.40. The van der Waals surface area contributed by atoms with Crippen LogP contribution >= 0.6 is 0 Å². The van der Waals surface area contributed by atoms with Gasteiger partial charge in [0.1, 0.15) is 0 Å². The summed E-state index contributed by atoms with van der Waals surface area (Å²) in [6.45, 7) is 4.34. The zero-order valence-corrected chi connectivity index (χ0v) is 12.2. The van der Waals surface area contributed by atoms with Crippen LogP contribution in [0.25, 0.3) is 0 Å². The molecule has 0 saturated carbocycles. The maximum Gasteiger partial charge on any atom is 0.0602 e. The molecule has 2 fully saturated rings. The molecule has 0 aromatic heterocycles. The van der Waals surface area contributed by atoms with E-state index in [-0.39, 0.29) is 0 Å². The molecule has 2 aliphatic rings. The largest absolute Gasteiger partial charge is 0.381 e. The van der Waals surface area contributed by atoms with E-state index in [1.54, 1.807) is 0 Å². The number of nitrogens with zero attached hydrogens (tertiary/aromatic N) is 1. The quantitative estimate of drug-likeness (QED) is 0.851. The van der Waals surface area contributed by atoms with Crippen molar-refractivity contribution in [3.05, 3.63) is 71.8 Å². The normalized spacial score (nSPS) is 20.2. The number of ether oxygens (including phenoxy) is 1. The molecular weight excluding hydrogens is 258 g/mol. The second-order valence-corrected chi connectivity index (χ2v) is 6.24. The minimum Gasteiger partial charge on any atom is -0.381 e. The van der Waals surface area contributed by atoms with Gasteiger partial charge in [0, 0.05) is 19.0 Å². The zero-order valence-electron chi connectivity index (χ0n) is 12.2. The molecule has 2 aromatic carbocycles. The Bertz CT molecular complexity index is 534. The van der Waals surface area contributed by atoms with E-state index >= 15 is 0 Å². The predicted octanol–water partition coefficient (Wildman–Crippen LogP) is 3.35. The lowest BCUT2D eigenvalue weighted by Gasteiger charge is -2.49. The van der Waals surface area contributed by atoms with Gasteiger partial charge in [0.2, 0.25) is 0 Å². The molecule has 0 spiro atoms. The number of hydrogen-bond donors (Lipinski definition) is 0. The molecule has 0 unspecified atom stereocenters. The van der Waals surface area contributed by atoms with Crippen molar-refractivity contribution in [2.24, 2.45) is 11.8 Å². The first-order valence-electron chi connectivity index (χ1n) is 7.83. The van der Waals surface area contributed by atoms with Gasteiger partial charge in [-0.25, -0.2) is 0 Å². The molecule has 108 valence electrons. The third-order valence-electron chi connectivity index (χ3n) is 4.86. The molecule has 0 atom stereocenters. The van der Waals surface area contributed by atoms with Crippen LogP contribution in [0.2, 0.25) is 0 Å². The Morgan fingerprint density at radius 1 is 0.762 bits per heavy atom. The highest BCUT2D eigenvalue weighted by Crippen LogP contribution is 2.38. The Morgan fingerprint density at radius 3 is 1.71 bits per heavy atom. The Hall–Kier alpha value is -1.64. The first kappa shape index (κ1) is 13.1. The molecule has 2 saturated heterocycles. The average Bonchev–Trinajstić information content (AvgIpc) is 2.45. The van der Waals surface area contributed by atoms with E-state index in [0.29, 0.717) is 6.04 Å². The van der Waals surface area contributed by atoms with Gasteiger partial charge < -0.3 is 4.74 Å². The second kappa shape index (κ2) is 5.63. The molecule has 0 amide bonds. The van der Waals surface area contributed by atoms with Crippen molar-refractivity contribution in [3.8, 4) is 0 Å². The molecule has 0 bridgehead atoms. The molecule has 0 N–H and O–H groups in total. The summed E-state index contributed by atoms with van der Waals surface area (Å²) in [5.41, 5.74) is 2.79. The smallest absolute Gasteiger partial charge is 0.0602 e. The van der Waals surface area contributed by atoms with Crippen molar-refractivity contribution >= 4 is 0 Å². The maximum atomic E-state index is 5.34. The predicted molar refractivity (Wildman–Crippen MR) is 84.1 cm³/mol. The number of benzene rings is 2. The second-order valence-electron chi connectivity index (χ2n) is 6.24. The summed E-state index contributed by atoms with van der Waals surface area (Å²) >= 11 is 0. The van der Waals surface area contributed by atoms with Gasteiger partial charge in [-0.05, 0) is 17.0 Å². The number of likely N-dealkylation sites (tertiary alicyclic amines) is 1. The Morgan fingerprint density at radius 2 is 1.29 bits per heavy atom. The fourth-order valence-electron chi connectivity index (χ4n) is 3.47. The summed E-state index contributed by atoms with van der Waals surface area (Å²) < 4.78 is 5.34. The van der Waals surface area contributed by atoms with Crippen LogP contribution in [-0.2, 0) is 4.74 Å². The van der Waals surface area contributed by atoms with E-state index in [4.69, 9.17) is 4.74 Å². The van der Waals surface area contributed by atoms with Crippen molar-refractivity contribution in [2.75, 3.05) is 26.3 Å². The van der Waals surface area contributed by atoms with E-state index in [1.165, 1.54) is 24.2 Å². The summed E-state index contributed by atoms with van der Waals surface area (Å²) in [5, 5.41) is 0. The van der Waals surface area contributed by atoms with E-state index in [0.717, 1.165) is 25.0 Å². The minimum absolute atomic E-state index is 0.393. The molecule has 21 heavy (non-hydrogen) atoms. The molecule has 2 aromatic rings. The molecule has 2 nitrogen and oxygen atoms in total. The summed E-state index contributed by atoms with van der Waals surface area (Å²) in [7, 11) is 0. The standard InChI is InChI=1S/C19H21NO/c1-3-7-15(8-4-1)19(16-9-5-2-6-10-16)20-11-17(12-20)18-13-21-14-18/h1-10,17-19H,11-14H2. The van der Waals surface area contributed by atoms with Gasteiger partial charge in [-0.1, -0.05) is 60.7 Å². The number of hydrogen-bond acceptors (Lipinski definition) is 2. The summed E-state index contributed by atoms with van der Waals surface area (Å²) in [6.07, 6.45) is 0. The fraction of sp³-hybridized carbons (Fsp3) is 0.368. The van der Waals surface area contributed by atoms with Crippen LogP contribution < -0.4 is 0 Å². The first-order valence-corrected chi connectivity index (χ1v) is 7.83. The molecule has 4 rings (SSSR count). The Labute approximate surface area is 126 Å². The van der Waals surface area contributed by atoms with Crippen LogP contribution in [0.15, 0.2) is 60.7 Å². The maximum absolute atomic E-state index is 5.34. The molecule has 2 aliphatic heterocycles. The van der Waals surface area contributed by atoms with Gasteiger partial charge in [0.15, 0.2) is 0 Å². The lowest BCUT2D eigenvalue weighted by atomic mass is 9.81. The van der Waals surface area contributed by atoms with Crippen molar-refractivity contribution < 1.29 is 4.74 Å².